The Labute approximate surface area is 89.0 Å². The molecule has 1 rings (SSSR count). The van der Waals surface area contributed by atoms with E-state index in [2.05, 4.69) is 0 Å². The first kappa shape index (κ1) is 11.3. The van der Waals surface area contributed by atoms with Gasteiger partial charge in [-0.25, -0.2) is 4.79 Å². The number of carbonyl (C=O) groups is 1. The summed E-state index contributed by atoms with van der Waals surface area (Å²) in [7, 11) is 1.61. The van der Waals surface area contributed by atoms with Crippen LogP contribution in [-0.4, -0.2) is 18.2 Å². The zero-order valence-electron chi connectivity index (χ0n) is 8.86. The van der Waals surface area contributed by atoms with Gasteiger partial charge < -0.3 is 9.84 Å². The summed E-state index contributed by atoms with van der Waals surface area (Å²) in [6, 6.07) is 7.56. The minimum Gasteiger partial charge on any atom is -0.497 e. The normalized spacial score (nSPS) is 11.2. The van der Waals surface area contributed by atoms with E-state index in [4.69, 9.17) is 9.84 Å². The van der Waals surface area contributed by atoms with Gasteiger partial charge in [-0.3, -0.25) is 0 Å². The van der Waals surface area contributed by atoms with Gasteiger partial charge in [-0.1, -0.05) is 18.2 Å². The van der Waals surface area contributed by atoms with Crippen molar-refractivity contribution < 1.29 is 14.6 Å². The Bertz CT molecular complexity index is 363. The Morgan fingerprint density at radius 2 is 2.00 bits per heavy atom. The zero-order valence-corrected chi connectivity index (χ0v) is 8.86. The monoisotopic (exact) mass is 206 g/mol. The maximum Gasteiger partial charge on any atom is 0.330 e. The van der Waals surface area contributed by atoms with Crippen molar-refractivity contribution in [2.24, 2.45) is 0 Å². The number of hydrogen-bond donors (Lipinski definition) is 1. The number of methoxy groups -OCH3 is 1. The molecule has 0 aliphatic heterocycles. The van der Waals surface area contributed by atoms with Gasteiger partial charge in [0.2, 0.25) is 0 Å². The van der Waals surface area contributed by atoms with E-state index in [9.17, 15) is 4.79 Å². The number of carboxylic acids is 1. The molecule has 0 saturated heterocycles. The average Bonchev–Trinajstić information content (AvgIpc) is 2.26. The summed E-state index contributed by atoms with van der Waals surface area (Å²) < 4.78 is 5.02. The van der Waals surface area contributed by atoms with Crippen LogP contribution in [-0.2, 0) is 11.2 Å². The molecule has 0 amide bonds. The van der Waals surface area contributed by atoms with Crippen LogP contribution < -0.4 is 4.74 Å². The Hall–Kier alpha value is -1.77. The third kappa shape index (κ3) is 3.46. The fourth-order valence-corrected chi connectivity index (χ4v) is 1.12. The molecule has 0 atom stereocenters. The summed E-state index contributed by atoms with van der Waals surface area (Å²) >= 11 is 0. The summed E-state index contributed by atoms with van der Waals surface area (Å²) in [5.74, 6) is -0.0683. The van der Waals surface area contributed by atoms with Crippen LogP contribution in [0.4, 0.5) is 0 Å². The second-order valence-electron chi connectivity index (χ2n) is 3.24. The lowest BCUT2D eigenvalue weighted by atomic mass is 10.1. The molecule has 80 valence electrons. The Morgan fingerprint density at radius 3 is 2.47 bits per heavy atom. The number of benzene rings is 1. The maximum atomic E-state index is 10.5. The van der Waals surface area contributed by atoms with Crippen molar-refractivity contribution in [2.45, 2.75) is 13.3 Å². The van der Waals surface area contributed by atoms with Gasteiger partial charge in [-0.15, -0.1) is 0 Å². The highest BCUT2D eigenvalue weighted by molar-refractivity contribution is 5.85. The molecule has 0 aliphatic rings. The quantitative estimate of drug-likeness (QED) is 0.769. The molecule has 0 fully saturated rings. The number of hydrogen-bond acceptors (Lipinski definition) is 2. The molecule has 0 bridgehead atoms. The summed E-state index contributed by atoms with van der Waals surface area (Å²) in [6.45, 7) is 1.59. The maximum absolute atomic E-state index is 10.5. The van der Waals surface area contributed by atoms with E-state index in [0.29, 0.717) is 12.0 Å². The van der Waals surface area contributed by atoms with E-state index >= 15 is 0 Å². The molecule has 3 heteroatoms. The molecule has 0 saturated carbocycles. The lowest BCUT2D eigenvalue weighted by molar-refractivity contribution is -0.132. The highest BCUT2D eigenvalue weighted by Crippen LogP contribution is 2.12. The van der Waals surface area contributed by atoms with Crippen LogP contribution in [0.5, 0.6) is 5.75 Å². The topological polar surface area (TPSA) is 46.5 Å². The third-order valence-electron chi connectivity index (χ3n) is 2.14. The van der Waals surface area contributed by atoms with Crippen LogP contribution in [0, 0.1) is 0 Å². The standard InChI is InChI=1S/C12H14O3/c1-9(12(13)14)3-4-10-5-7-11(15-2)8-6-10/h3,5-8H,4H2,1-2H3,(H,13,14)/b9-3+. The fourth-order valence-electron chi connectivity index (χ4n) is 1.12. The van der Waals surface area contributed by atoms with E-state index in [-0.39, 0.29) is 0 Å². The molecule has 1 aromatic carbocycles. The molecular weight excluding hydrogens is 192 g/mol. The molecule has 3 nitrogen and oxygen atoms in total. The molecular formula is C12H14O3. The summed E-state index contributed by atoms with van der Waals surface area (Å²) in [5, 5.41) is 8.65. The van der Waals surface area contributed by atoms with Crippen molar-refractivity contribution in [3.05, 3.63) is 41.5 Å². The zero-order chi connectivity index (χ0) is 11.3. The molecule has 15 heavy (non-hydrogen) atoms. The molecule has 0 aliphatic carbocycles. The predicted octanol–water partition coefficient (Wildman–Crippen LogP) is 2.27. The van der Waals surface area contributed by atoms with Crippen LogP contribution in [0.3, 0.4) is 0 Å². The number of carboxylic acid groups (broad SMARTS) is 1. The van der Waals surface area contributed by atoms with Gasteiger partial charge >= 0.3 is 5.97 Å². The third-order valence-corrected chi connectivity index (χ3v) is 2.14. The van der Waals surface area contributed by atoms with E-state index in [1.54, 1.807) is 20.1 Å². The van der Waals surface area contributed by atoms with Gasteiger partial charge in [0.25, 0.3) is 0 Å². The second kappa shape index (κ2) is 5.20. The van der Waals surface area contributed by atoms with E-state index in [1.807, 2.05) is 24.3 Å². The van der Waals surface area contributed by atoms with Crippen molar-refractivity contribution in [1.82, 2.24) is 0 Å². The molecule has 1 aromatic rings. The molecule has 0 radical (unpaired) electrons. The van der Waals surface area contributed by atoms with E-state index < -0.39 is 5.97 Å². The highest BCUT2D eigenvalue weighted by atomic mass is 16.5. The van der Waals surface area contributed by atoms with Gasteiger partial charge in [-0.2, -0.15) is 0 Å². The van der Waals surface area contributed by atoms with Crippen molar-refractivity contribution in [2.75, 3.05) is 7.11 Å². The first-order valence-corrected chi connectivity index (χ1v) is 4.66. The Kier molecular flexibility index (Phi) is 3.92. The summed E-state index contributed by atoms with van der Waals surface area (Å²) in [6.07, 6.45) is 2.33. The van der Waals surface area contributed by atoms with Crippen molar-refractivity contribution in [3.63, 3.8) is 0 Å². The van der Waals surface area contributed by atoms with Gasteiger partial charge in [-0.05, 0) is 31.0 Å². The lowest BCUT2D eigenvalue weighted by Gasteiger charge is -2.01. The van der Waals surface area contributed by atoms with Crippen LogP contribution in [0.1, 0.15) is 12.5 Å². The van der Waals surface area contributed by atoms with Gasteiger partial charge in [0.05, 0.1) is 7.11 Å². The van der Waals surface area contributed by atoms with Crippen LogP contribution in [0.15, 0.2) is 35.9 Å². The van der Waals surface area contributed by atoms with Crippen molar-refractivity contribution >= 4 is 5.97 Å². The molecule has 1 N–H and O–H groups in total. The van der Waals surface area contributed by atoms with Gasteiger partial charge in [0.15, 0.2) is 0 Å². The number of aliphatic carboxylic acids is 1. The molecule has 0 spiro atoms. The van der Waals surface area contributed by atoms with E-state index in [1.165, 1.54) is 0 Å². The number of rotatable bonds is 4. The summed E-state index contributed by atoms with van der Waals surface area (Å²) in [5.41, 5.74) is 1.43. The van der Waals surface area contributed by atoms with Crippen molar-refractivity contribution in [1.29, 1.82) is 0 Å². The van der Waals surface area contributed by atoms with Crippen LogP contribution in [0.25, 0.3) is 0 Å². The first-order valence-electron chi connectivity index (χ1n) is 4.66. The highest BCUT2D eigenvalue weighted by Gasteiger charge is 1.99. The largest absolute Gasteiger partial charge is 0.497 e. The lowest BCUT2D eigenvalue weighted by Crippen LogP contribution is -1.96. The smallest absolute Gasteiger partial charge is 0.330 e. The van der Waals surface area contributed by atoms with Gasteiger partial charge in [0, 0.05) is 5.57 Å². The van der Waals surface area contributed by atoms with Crippen LogP contribution >= 0.6 is 0 Å². The second-order valence-corrected chi connectivity index (χ2v) is 3.24. The molecule has 0 aromatic heterocycles. The number of allylic oxidation sites excluding steroid dienone is 1. The Morgan fingerprint density at radius 1 is 1.40 bits per heavy atom. The molecule has 0 heterocycles. The van der Waals surface area contributed by atoms with Crippen LogP contribution in [0.2, 0.25) is 0 Å². The number of ether oxygens (including phenoxy) is 1. The first-order chi connectivity index (χ1) is 7.13. The minimum absolute atomic E-state index is 0.366. The van der Waals surface area contributed by atoms with Gasteiger partial charge in [0.1, 0.15) is 5.75 Å². The SMILES string of the molecule is COc1ccc(C/C=C(\C)C(=O)O)cc1. The van der Waals surface area contributed by atoms with E-state index in [0.717, 1.165) is 11.3 Å². The van der Waals surface area contributed by atoms with Crippen molar-refractivity contribution in [3.8, 4) is 5.75 Å². The fraction of sp³-hybridized carbons (Fsp3) is 0.250. The Balaban J connectivity index is 2.66. The predicted molar refractivity (Wildman–Crippen MR) is 58.1 cm³/mol. The summed E-state index contributed by atoms with van der Waals surface area (Å²) in [4.78, 5) is 10.5. The molecule has 0 unspecified atom stereocenters. The minimum atomic E-state index is -0.872. The average molecular weight is 206 g/mol.